The Hall–Kier alpha value is -1.82. The number of alkyl carbamates (subject to hydrolysis) is 1. The number of halogens is 1. The second-order valence-electron chi connectivity index (χ2n) is 3.59. The fraction of sp³-hybridized carbons (Fsp3) is 0.300. The maximum Gasteiger partial charge on any atom is 0.407 e. The van der Waals surface area contributed by atoms with E-state index in [-0.39, 0.29) is 16.8 Å². The molecular formula is C10H9ClN2O4. The summed E-state index contributed by atoms with van der Waals surface area (Å²) < 4.78 is 4.72. The molecule has 0 saturated carbocycles. The summed E-state index contributed by atoms with van der Waals surface area (Å²) in [5.74, 6) is 0. The van der Waals surface area contributed by atoms with E-state index in [0.29, 0.717) is 18.6 Å². The standard InChI is InChI=1S/C10H9ClN2O4/c11-7-2-1-6(5-9(7)13(15)16)8-3-4-17-10(14)12-8/h1-2,5,8H,3-4H2,(H,12,14)/t8-/m1/s1. The van der Waals surface area contributed by atoms with Gasteiger partial charge >= 0.3 is 6.09 Å². The Balaban J connectivity index is 2.29. The number of carbonyl (C=O) groups is 1. The van der Waals surface area contributed by atoms with E-state index in [0.717, 1.165) is 0 Å². The normalized spacial score (nSPS) is 19.4. The van der Waals surface area contributed by atoms with Gasteiger partial charge in [0.25, 0.3) is 5.69 Å². The lowest BCUT2D eigenvalue weighted by Gasteiger charge is -2.23. The van der Waals surface area contributed by atoms with Crippen LogP contribution in [0.1, 0.15) is 18.0 Å². The van der Waals surface area contributed by atoms with Gasteiger partial charge in [-0.3, -0.25) is 10.1 Å². The molecule has 6 nitrogen and oxygen atoms in total. The predicted molar refractivity (Wildman–Crippen MR) is 59.9 cm³/mol. The number of ether oxygens (including phenoxy) is 1. The van der Waals surface area contributed by atoms with Crippen LogP contribution in [0.2, 0.25) is 5.02 Å². The Morgan fingerprint density at radius 3 is 2.94 bits per heavy atom. The molecule has 0 radical (unpaired) electrons. The molecule has 1 heterocycles. The summed E-state index contributed by atoms with van der Waals surface area (Å²) in [5.41, 5.74) is 0.489. The number of cyclic esters (lactones) is 1. The minimum atomic E-state index is -0.549. The molecule has 17 heavy (non-hydrogen) atoms. The minimum Gasteiger partial charge on any atom is -0.449 e. The summed E-state index contributed by atoms with van der Waals surface area (Å²) in [6.45, 7) is 0.299. The Kier molecular flexibility index (Phi) is 3.14. The molecule has 1 saturated heterocycles. The van der Waals surface area contributed by atoms with E-state index in [1.54, 1.807) is 6.07 Å². The summed E-state index contributed by atoms with van der Waals surface area (Å²) in [6, 6.07) is 4.22. The van der Waals surface area contributed by atoms with Gasteiger partial charge in [-0.05, 0) is 11.6 Å². The highest BCUT2D eigenvalue weighted by molar-refractivity contribution is 6.32. The van der Waals surface area contributed by atoms with Gasteiger partial charge in [-0.2, -0.15) is 0 Å². The summed E-state index contributed by atoms with van der Waals surface area (Å²) in [6.07, 6.45) is 0.0590. The highest BCUT2D eigenvalue weighted by Crippen LogP contribution is 2.29. The molecular weight excluding hydrogens is 248 g/mol. The van der Waals surface area contributed by atoms with Crippen molar-refractivity contribution >= 4 is 23.4 Å². The fourth-order valence-electron chi connectivity index (χ4n) is 1.66. The third-order valence-corrected chi connectivity index (χ3v) is 2.82. The number of nitrogens with one attached hydrogen (secondary N) is 1. The average molecular weight is 257 g/mol. The Bertz CT molecular complexity index is 477. The van der Waals surface area contributed by atoms with Crippen molar-refractivity contribution in [2.45, 2.75) is 12.5 Å². The number of nitro groups is 1. The van der Waals surface area contributed by atoms with Crippen LogP contribution in [0, 0.1) is 10.1 Å². The average Bonchev–Trinajstić information content (AvgIpc) is 2.29. The van der Waals surface area contributed by atoms with Crippen LogP contribution in [0.3, 0.4) is 0 Å². The summed E-state index contributed by atoms with van der Waals surface area (Å²) in [4.78, 5) is 21.2. The van der Waals surface area contributed by atoms with Crippen molar-refractivity contribution in [2.75, 3.05) is 6.61 Å². The lowest BCUT2D eigenvalue weighted by atomic mass is 10.0. The van der Waals surface area contributed by atoms with E-state index >= 15 is 0 Å². The Morgan fingerprint density at radius 2 is 2.29 bits per heavy atom. The summed E-state index contributed by atoms with van der Waals surface area (Å²) in [7, 11) is 0. The van der Waals surface area contributed by atoms with Crippen molar-refractivity contribution in [3.8, 4) is 0 Å². The monoisotopic (exact) mass is 256 g/mol. The number of nitrogens with zero attached hydrogens (tertiary/aromatic N) is 1. The number of benzene rings is 1. The van der Waals surface area contributed by atoms with E-state index < -0.39 is 11.0 Å². The molecule has 2 rings (SSSR count). The molecule has 0 bridgehead atoms. The van der Waals surface area contributed by atoms with E-state index in [4.69, 9.17) is 16.3 Å². The number of hydrogen-bond donors (Lipinski definition) is 1. The second kappa shape index (κ2) is 4.58. The molecule has 1 atom stereocenters. The van der Waals surface area contributed by atoms with Crippen LogP contribution in [0.5, 0.6) is 0 Å². The Labute approximate surface area is 102 Å². The SMILES string of the molecule is O=C1N[C@@H](c2ccc(Cl)c([N+](=O)[O-])c2)CCO1. The number of carbonyl (C=O) groups excluding carboxylic acids is 1. The second-order valence-corrected chi connectivity index (χ2v) is 4.00. The maximum absolute atomic E-state index is 11.0. The molecule has 1 aliphatic heterocycles. The molecule has 1 aromatic rings. The largest absolute Gasteiger partial charge is 0.449 e. The van der Waals surface area contributed by atoms with E-state index in [1.807, 2.05) is 0 Å². The molecule has 1 aromatic carbocycles. The van der Waals surface area contributed by atoms with Crippen LogP contribution >= 0.6 is 11.6 Å². The smallest absolute Gasteiger partial charge is 0.407 e. The first-order valence-electron chi connectivity index (χ1n) is 4.95. The van der Waals surface area contributed by atoms with E-state index in [1.165, 1.54) is 12.1 Å². The highest BCUT2D eigenvalue weighted by Gasteiger charge is 2.23. The van der Waals surface area contributed by atoms with Gasteiger partial charge in [-0.15, -0.1) is 0 Å². The van der Waals surface area contributed by atoms with Crippen molar-refractivity contribution in [3.05, 3.63) is 38.9 Å². The molecule has 0 spiro atoms. The molecule has 1 N–H and O–H groups in total. The number of nitro benzene ring substituents is 1. The first kappa shape index (κ1) is 11.7. The molecule has 1 fully saturated rings. The molecule has 1 aliphatic rings. The molecule has 0 aromatic heterocycles. The van der Waals surface area contributed by atoms with Crippen LogP contribution in [0.15, 0.2) is 18.2 Å². The molecule has 0 aliphatic carbocycles. The van der Waals surface area contributed by atoms with Crippen LogP contribution in [0.4, 0.5) is 10.5 Å². The number of rotatable bonds is 2. The van der Waals surface area contributed by atoms with Crippen molar-refractivity contribution < 1.29 is 14.5 Å². The van der Waals surface area contributed by atoms with Crippen molar-refractivity contribution in [1.29, 1.82) is 0 Å². The zero-order valence-electron chi connectivity index (χ0n) is 8.68. The van der Waals surface area contributed by atoms with Crippen molar-refractivity contribution in [3.63, 3.8) is 0 Å². The topological polar surface area (TPSA) is 81.5 Å². The highest BCUT2D eigenvalue weighted by atomic mass is 35.5. The molecule has 0 unspecified atom stereocenters. The van der Waals surface area contributed by atoms with Crippen molar-refractivity contribution in [2.24, 2.45) is 0 Å². The van der Waals surface area contributed by atoms with Gasteiger partial charge in [0.15, 0.2) is 0 Å². The number of hydrogen-bond acceptors (Lipinski definition) is 4. The lowest BCUT2D eigenvalue weighted by molar-refractivity contribution is -0.384. The zero-order valence-corrected chi connectivity index (χ0v) is 9.44. The van der Waals surface area contributed by atoms with Crippen LogP contribution in [-0.4, -0.2) is 17.6 Å². The lowest BCUT2D eigenvalue weighted by Crippen LogP contribution is -2.35. The first-order chi connectivity index (χ1) is 8.08. The van der Waals surface area contributed by atoms with Crippen LogP contribution < -0.4 is 5.32 Å². The van der Waals surface area contributed by atoms with Gasteiger partial charge in [0.1, 0.15) is 5.02 Å². The van der Waals surface area contributed by atoms with Gasteiger partial charge in [0, 0.05) is 12.5 Å². The Morgan fingerprint density at radius 1 is 1.53 bits per heavy atom. The molecule has 1 amide bonds. The van der Waals surface area contributed by atoms with Crippen LogP contribution in [0.25, 0.3) is 0 Å². The maximum atomic E-state index is 11.0. The fourth-order valence-corrected chi connectivity index (χ4v) is 1.85. The summed E-state index contributed by atoms with van der Waals surface area (Å²) >= 11 is 5.71. The number of amides is 1. The minimum absolute atomic E-state index is 0.0807. The van der Waals surface area contributed by atoms with Gasteiger partial charge < -0.3 is 10.1 Å². The van der Waals surface area contributed by atoms with Gasteiger partial charge in [-0.1, -0.05) is 17.7 Å². The third kappa shape index (κ3) is 2.47. The predicted octanol–water partition coefficient (Wildman–Crippen LogP) is 2.42. The third-order valence-electron chi connectivity index (χ3n) is 2.50. The first-order valence-corrected chi connectivity index (χ1v) is 5.33. The zero-order chi connectivity index (χ0) is 12.4. The van der Waals surface area contributed by atoms with Crippen LogP contribution in [-0.2, 0) is 4.74 Å². The van der Waals surface area contributed by atoms with Gasteiger partial charge in [0.05, 0.1) is 17.6 Å². The molecule has 7 heteroatoms. The van der Waals surface area contributed by atoms with Crippen molar-refractivity contribution in [1.82, 2.24) is 5.32 Å². The molecule has 90 valence electrons. The van der Waals surface area contributed by atoms with E-state index in [9.17, 15) is 14.9 Å². The van der Waals surface area contributed by atoms with Gasteiger partial charge in [0.2, 0.25) is 0 Å². The quantitative estimate of drug-likeness (QED) is 0.651. The van der Waals surface area contributed by atoms with E-state index in [2.05, 4.69) is 5.32 Å². The summed E-state index contributed by atoms with van der Waals surface area (Å²) in [5, 5.41) is 13.4. The van der Waals surface area contributed by atoms with Gasteiger partial charge in [-0.25, -0.2) is 4.79 Å².